The van der Waals surface area contributed by atoms with E-state index >= 15 is 0 Å². The summed E-state index contributed by atoms with van der Waals surface area (Å²) in [5.74, 6) is 0. The van der Waals surface area contributed by atoms with Gasteiger partial charge in [0.05, 0.1) is 0 Å². The van der Waals surface area contributed by atoms with E-state index in [2.05, 4.69) is 16.2 Å². The summed E-state index contributed by atoms with van der Waals surface area (Å²) in [6.45, 7) is 2.06. The molecule has 0 aromatic heterocycles. The van der Waals surface area contributed by atoms with Crippen molar-refractivity contribution in [2.75, 3.05) is 0 Å². The van der Waals surface area contributed by atoms with E-state index in [-0.39, 0.29) is 0 Å². The average molecular weight is 122 g/mol. The first-order chi connectivity index (χ1) is 3.79. The van der Waals surface area contributed by atoms with Crippen LogP contribution in [0, 0.1) is 6.92 Å². The number of aryl methyl sites for hydroxylation is 1. The molecule has 0 unspecified atom stereocenters. The molecule has 8 heavy (non-hydrogen) atoms. The molecule has 1 aromatic rings. The molecule has 0 atom stereocenters. The zero-order valence-corrected chi connectivity index (χ0v) is 5.65. The highest BCUT2D eigenvalue weighted by molar-refractivity contribution is 7.27. The third-order valence-corrected chi connectivity index (χ3v) is 1.33. The number of benzene rings is 1. The summed E-state index contributed by atoms with van der Waals surface area (Å²) in [4.78, 5) is 0. The van der Waals surface area contributed by atoms with Gasteiger partial charge in [0.15, 0.2) is 0 Å². The zero-order chi connectivity index (χ0) is 5.98. The first kappa shape index (κ1) is 5.78. The Balaban J connectivity index is 3.03. The van der Waals surface area contributed by atoms with Crippen LogP contribution < -0.4 is 5.30 Å². The van der Waals surface area contributed by atoms with Crippen LogP contribution in [0.25, 0.3) is 0 Å². The normalized spacial score (nSPS) is 9.25. The molecule has 1 aromatic carbocycles. The van der Waals surface area contributed by atoms with E-state index in [0.717, 1.165) is 5.30 Å². The lowest BCUT2D eigenvalue weighted by Gasteiger charge is -1.88. The fourth-order valence-corrected chi connectivity index (χ4v) is 0.694. The van der Waals surface area contributed by atoms with Crippen molar-refractivity contribution in [2.45, 2.75) is 6.92 Å². The molecule has 0 heterocycles. The molecular weight excluding hydrogens is 115 g/mol. The third-order valence-electron chi connectivity index (χ3n) is 1.03. The summed E-state index contributed by atoms with van der Waals surface area (Å²) in [7, 11) is 4.13. The molecule has 1 heteroatoms. The van der Waals surface area contributed by atoms with Gasteiger partial charge in [-0.1, -0.05) is 29.8 Å². The Morgan fingerprint density at radius 1 is 1.12 bits per heavy atom. The van der Waals surface area contributed by atoms with E-state index < -0.39 is 0 Å². The molecule has 0 nitrogen and oxygen atoms in total. The van der Waals surface area contributed by atoms with Gasteiger partial charge in [0.1, 0.15) is 0 Å². The molecular formula is C7H7P. The molecule has 0 spiro atoms. The van der Waals surface area contributed by atoms with Crippen LogP contribution in [0.15, 0.2) is 24.3 Å². The molecule has 0 amide bonds. The topological polar surface area (TPSA) is 0 Å². The second-order valence-corrected chi connectivity index (χ2v) is 2.35. The fraction of sp³-hybridized carbons (Fsp3) is 0.143. The maximum absolute atomic E-state index is 4.13. The summed E-state index contributed by atoms with van der Waals surface area (Å²) < 4.78 is 0. The summed E-state index contributed by atoms with van der Waals surface area (Å²) >= 11 is 0. The quantitative estimate of drug-likeness (QED) is 0.462. The Hall–Kier alpha value is -0.350. The molecule has 2 radical (unpaired) electrons. The van der Waals surface area contributed by atoms with Gasteiger partial charge in [-0.3, -0.25) is 0 Å². The maximum atomic E-state index is 4.13. The highest BCUT2D eigenvalue weighted by Gasteiger charge is 1.80. The van der Waals surface area contributed by atoms with Gasteiger partial charge in [-0.15, -0.1) is 0 Å². The lowest BCUT2D eigenvalue weighted by molar-refractivity contribution is 1.49. The fourth-order valence-electron chi connectivity index (χ4n) is 0.545. The highest BCUT2D eigenvalue weighted by atomic mass is 31.0. The van der Waals surface area contributed by atoms with E-state index in [4.69, 9.17) is 0 Å². The predicted octanol–water partition coefficient (Wildman–Crippen LogP) is 2.03. The van der Waals surface area contributed by atoms with Crippen molar-refractivity contribution in [3.8, 4) is 0 Å². The largest absolute Gasteiger partial charge is 0.0587 e. The second-order valence-electron chi connectivity index (χ2n) is 1.84. The standard InChI is InChI=1S/C7H7P/c1-6-2-4-7(8)5-3-6/h2-5H,1H3. The summed E-state index contributed by atoms with van der Waals surface area (Å²) in [6.07, 6.45) is 0. The molecule has 0 aliphatic rings. The lowest BCUT2D eigenvalue weighted by atomic mass is 10.2. The summed E-state index contributed by atoms with van der Waals surface area (Å²) in [5.41, 5.74) is 1.28. The van der Waals surface area contributed by atoms with Crippen LogP contribution in [0.2, 0.25) is 0 Å². The van der Waals surface area contributed by atoms with Crippen LogP contribution in [0.3, 0.4) is 0 Å². The predicted molar refractivity (Wildman–Crippen MR) is 37.7 cm³/mol. The molecule has 0 aliphatic heterocycles. The van der Waals surface area contributed by atoms with Crippen molar-refractivity contribution in [3.63, 3.8) is 0 Å². The van der Waals surface area contributed by atoms with Crippen molar-refractivity contribution >= 4 is 14.5 Å². The van der Waals surface area contributed by atoms with E-state index in [9.17, 15) is 0 Å². The summed E-state index contributed by atoms with van der Waals surface area (Å²) in [6, 6.07) is 8.06. The lowest BCUT2D eigenvalue weighted by Crippen LogP contribution is -1.85. The Morgan fingerprint density at radius 2 is 1.62 bits per heavy atom. The molecule has 0 saturated heterocycles. The van der Waals surface area contributed by atoms with E-state index in [1.807, 2.05) is 24.3 Å². The average Bonchev–Trinajstić information content (AvgIpc) is 1.77. The van der Waals surface area contributed by atoms with Gasteiger partial charge in [0, 0.05) is 0 Å². The van der Waals surface area contributed by atoms with Gasteiger partial charge in [0.25, 0.3) is 0 Å². The van der Waals surface area contributed by atoms with Crippen LogP contribution in [0.1, 0.15) is 5.56 Å². The van der Waals surface area contributed by atoms with E-state index in [1.54, 1.807) is 0 Å². The molecule has 0 bridgehead atoms. The van der Waals surface area contributed by atoms with Crippen LogP contribution in [0.4, 0.5) is 0 Å². The van der Waals surface area contributed by atoms with Crippen LogP contribution in [-0.2, 0) is 0 Å². The third kappa shape index (κ3) is 1.31. The van der Waals surface area contributed by atoms with Crippen molar-refractivity contribution in [1.82, 2.24) is 0 Å². The van der Waals surface area contributed by atoms with Gasteiger partial charge in [0.2, 0.25) is 0 Å². The molecule has 0 N–H and O–H groups in total. The van der Waals surface area contributed by atoms with Crippen LogP contribution >= 0.6 is 9.24 Å². The molecule has 40 valence electrons. The minimum Gasteiger partial charge on any atom is -0.0587 e. The second kappa shape index (κ2) is 2.28. The van der Waals surface area contributed by atoms with Crippen LogP contribution in [-0.4, -0.2) is 0 Å². The van der Waals surface area contributed by atoms with E-state index in [0.29, 0.717) is 0 Å². The van der Waals surface area contributed by atoms with Crippen molar-refractivity contribution in [3.05, 3.63) is 29.8 Å². The molecule has 0 fully saturated rings. The Bertz CT molecular complexity index is 143. The van der Waals surface area contributed by atoms with Crippen molar-refractivity contribution < 1.29 is 0 Å². The SMILES string of the molecule is Cc1ccc([P])cc1. The van der Waals surface area contributed by atoms with E-state index in [1.165, 1.54) is 5.56 Å². The van der Waals surface area contributed by atoms with Crippen molar-refractivity contribution in [1.29, 1.82) is 0 Å². The monoisotopic (exact) mass is 122 g/mol. The highest BCUT2D eigenvalue weighted by Crippen LogP contribution is 1.94. The minimum absolute atomic E-state index is 1.02. The first-order valence-corrected chi connectivity index (χ1v) is 2.99. The van der Waals surface area contributed by atoms with Gasteiger partial charge in [-0.05, 0) is 21.5 Å². The van der Waals surface area contributed by atoms with Gasteiger partial charge < -0.3 is 0 Å². The Morgan fingerprint density at radius 3 is 2.00 bits per heavy atom. The molecule has 0 saturated carbocycles. The number of hydrogen-bond acceptors (Lipinski definition) is 0. The molecule has 0 aliphatic carbocycles. The summed E-state index contributed by atoms with van der Waals surface area (Å²) in [5, 5.41) is 1.02. The Labute approximate surface area is 52.1 Å². The van der Waals surface area contributed by atoms with Crippen LogP contribution in [0.5, 0.6) is 0 Å². The smallest absolute Gasteiger partial charge is 0.00563 e. The number of rotatable bonds is 0. The molecule has 1 rings (SSSR count). The van der Waals surface area contributed by atoms with Crippen molar-refractivity contribution in [2.24, 2.45) is 0 Å². The van der Waals surface area contributed by atoms with Gasteiger partial charge >= 0.3 is 0 Å². The first-order valence-electron chi connectivity index (χ1n) is 2.54. The zero-order valence-electron chi connectivity index (χ0n) is 4.76. The minimum atomic E-state index is 1.02. The Kier molecular flexibility index (Phi) is 1.65. The van der Waals surface area contributed by atoms with Gasteiger partial charge in [-0.2, -0.15) is 0 Å². The maximum Gasteiger partial charge on any atom is -0.00563 e. The van der Waals surface area contributed by atoms with Gasteiger partial charge in [-0.25, -0.2) is 0 Å². The number of hydrogen-bond donors (Lipinski definition) is 0.